The van der Waals surface area contributed by atoms with Crippen LogP contribution in [0.5, 0.6) is 5.75 Å². The van der Waals surface area contributed by atoms with Crippen LogP contribution in [0.25, 0.3) is 0 Å². The number of ether oxygens (including phenoxy) is 2. The maximum Gasteiger partial charge on any atom is 0.263 e. The fourth-order valence-electron chi connectivity index (χ4n) is 3.80. The summed E-state index contributed by atoms with van der Waals surface area (Å²) in [6, 6.07) is 11.2. The van der Waals surface area contributed by atoms with Crippen LogP contribution < -0.4 is 10.1 Å². The third-order valence-corrected chi connectivity index (χ3v) is 6.23. The minimum atomic E-state index is -0.205. The maximum absolute atomic E-state index is 12.8. The van der Waals surface area contributed by atoms with E-state index < -0.39 is 0 Å². The van der Waals surface area contributed by atoms with Crippen molar-refractivity contribution in [1.82, 2.24) is 4.90 Å². The molecule has 2 saturated heterocycles. The van der Waals surface area contributed by atoms with Crippen molar-refractivity contribution in [2.45, 2.75) is 31.8 Å². The fourth-order valence-corrected chi connectivity index (χ4v) is 4.50. The van der Waals surface area contributed by atoms with Gasteiger partial charge in [0.2, 0.25) is 5.91 Å². The molecule has 0 radical (unpaired) electrons. The normalized spacial score (nSPS) is 21.7. The summed E-state index contributed by atoms with van der Waals surface area (Å²) < 4.78 is 11.4. The Kier molecular flexibility index (Phi) is 6.46. The lowest BCUT2D eigenvalue weighted by Gasteiger charge is -2.31. The number of carbonyl (C=O) groups excluding carboxylic acids is 2. The van der Waals surface area contributed by atoms with E-state index in [1.54, 1.807) is 4.90 Å². The zero-order chi connectivity index (χ0) is 20.1. The Bertz CT molecular complexity index is 833. The molecule has 29 heavy (non-hydrogen) atoms. The smallest absolute Gasteiger partial charge is 0.263 e. The fraction of sp³-hybridized carbons (Fsp3) is 0.455. The van der Waals surface area contributed by atoms with Crippen molar-refractivity contribution in [1.29, 1.82) is 0 Å². The van der Waals surface area contributed by atoms with Gasteiger partial charge in [-0.3, -0.25) is 9.59 Å². The summed E-state index contributed by atoms with van der Waals surface area (Å²) in [7, 11) is 0. The van der Waals surface area contributed by atoms with Crippen LogP contribution in [0, 0.1) is 5.92 Å². The molecule has 4 rings (SSSR count). The van der Waals surface area contributed by atoms with Crippen molar-refractivity contribution in [2.24, 2.45) is 5.92 Å². The predicted octanol–water partition coefficient (Wildman–Crippen LogP) is 3.80. The first-order valence-electron chi connectivity index (χ1n) is 10.2. The Morgan fingerprint density at radius 3 is 2.93 bits per heavy atom. The van der Waals surface area contributed by atoms with Gasteiger partial charge in [-0.2, -0.15) is 0 Å². The Balaban J connectivity index is 1.32. The van der Waals surface area contributed by atoms with E-state index in [0.29, 0.717) is 25.4 Å². The van der Waals surface area contributed by atoms with Crippen molar-refractivity contribution >= 4 is 28.8 Å². The number of anilines is 1. The third-order valence-electron chi connectivity index (χ3n) is 5.37. The van der Waals surface area contributed by atoms with E-state index in [-0.39, 0.29) is 23.8 Å². The van der Waals surface area contributed by atoms with E-state index in [9.17, 15) is 9.59 Å². The van der Waals surface area contributed by atoms with E-state index in [0.717, 1.165) is 42.9 Å². The number of amides is 2. The Hall–Kier alpha value is -2.38. The van der Waals surface area contributed by atoms with Crippen LogP contribution in [-0.2, 0) is 9.53 Å². The molecule has 3 heterocycles. The quantitative estimate of drug-likeness (QED) is 0.781. The van der Waals surface area contributed by atoms with Crippen molar-refractivity contribution < 1.29 is 19.1 Å². The van der Waals surface area contributed by atoms with E-state index in [1.807, 2.05) is 41.8 Å². The summed E-state index contributed by atoms with van der Waals surface area (Å²) in [6.07, 6.45) is 3.88. The largest absolute Gasteiger partial charge is 0.491 e. The lowest BCUT2D eigenvalue weighted by Crippen LogP contribution is -2.43. The van der Waals surface area contributed by atoms with Gasteiger partial charge in [0.25, 0.3) is 5.91 Å². The minimum absolute atomic E-state index is 0.0158. The molecular weight excluding hydrogens is 388 g/mol. The highest BCUT2D eigenvalue weighted by Crippen LogP contribution is 2.24. The first kappa shape index (κ1) is 19.9. The van der Waals surface area contributed by atoms with Crippen molar-refractivity contribution in [3.05, 3.63) is 46.7 Å². The number of hydrogen-bond acceptors (Lipinski definition) is 5. The van der Waals surface area contributed by atoms with E-state index in [1.165, 1.54) is 11.3 Å². The summed E-state index contributed by atoms with van der Waals surface area (Å²) in [5.74, 6) is 0.479. The number of likely N-dealkylation sites (tertiary alicyclic amines) is 1. The maximum atomic E-state index is 12.8. The molecule has 6 nitrogen and oxygen atoms in total. The number of thiophene rings is 1. The summed E-state index contributed by atoms with van der Waals surface area (Å²) in [6.45, 7) is 2.49. The first-order chi connectivity index (χ1) is 14.2. The van der Waals surface area contributed by atoms with Crippen LogP contribution in [0.1, 0.15) is 35.4 Å². The standard InChI is InChI=1S/C22H26N2O4S/c25-21(16-5-2-10-24(14-16)22(26)20-9-4-12-29-20)23-17-6-1-7-18(13-17)28-15-19-8-3-11-27-19/h1,4,6-7,9,12-13,16,19H,2-3,5,8,10-11,14-15H2,(H,23,25). The van der Waals surface area contributed by atoms with Crippen LogP contribution in [0.2, 0.25) is 0 Å². The highest BCUT2D eigenvalue weighted by atomic mass is 32.1. The van der Waals surface area contributed by atoms with Crippen LogP contribution in [0.3, 0.4) is 0 Å². The predicted molar refractivity (Wildman–Crippen MR) is 112 cm³/mol. The number of benzene rings is 1. The van der Waals surface area contributed by atoms with Crippen LogP contribution in [0.15, 0.2) is 41.8 Å². The second-order valence-electron chi connectivity index (χ2n) is 7.53. The molecule has 2 aromatic rings. The Morgan fingerprint density at radius 1 is 1.21 bits per heavy atom. The van der Waals surface area contributed by atoms with Gasteiger partial charge in [0.1, 0.15) is 12.4 Å². The van der Waals surface area contributed by atoms with Crippen molar-refractivity contribution in [2.75, 3.05) is 31.6 Å². The molecule has 7 heteroatoms. The molecule has 1 aromatic heterocycles. The SMILES string of the molecule is O=C(Nc1cccc(OCC2CCCO2)c1)C1CCCN(C(=O)c2cccs2)C1. The molecule has 2 unspecified atom stereocenters. The van der Waals surface area contributed by atoms with Gasteiger partial charge in [-0.05, 0) is 49.3 Å². The summed E-state index contributed by atoms with van der Waals surface area (Å²) in [4.78, 5) is 27.9. The van der Waals surface area contributed by atoms with Gasteiger partial charge in [-0.1, -0.05) is 12.1 Å². The molecule has 2 atom stereocenters. The molecule has 0 saturated carbocycles. The molecule has 1 aromatic carbocycles. The summed E-state index contributed by atoms with van der Waals surface area (Å²) in [5.41, 5.74) is 0.710. The minimum Gasteiger partial charge on any atom is -0.491 e. The lowest BCUT2D eigenvalue weighted by molar-refractivity contribution is -0.121. The van der Waals surface area contributed by atoms with Gasteiger partial charge in [-0.25, -0.2) is 0 Å². The molecule has 0 aliphatic carbocycles. The summed E-state index contributed by atoms with van der Waals surface area (Å²) in [5, 5.41) is 4.89. The molecule has 0 bridgehead atoms. The van der Waals surface area contributed by atoms with Crippen LogP contribution >= 0.6 is 11.3 Å². The molecule has 2 aliphatic rings. The number of nitrogens with zero attached hydrogens (tertiary/aromatic N) is 1. The van der Waals surface area contributed by atoms with Gasteiger partial charge < -0.3 is 19.7 Å². The molecule has 2 aliphatic heterocycles. The van der Waals surface area contributed by atoms with Crippen molar-refractivity contribution in [3.63, 3.8) is 0 Å². The molecule has 154 valence electrons. The first-order valence-corrected chi connectivity index (χ1v) is 11.0. The monoisotopic (exact) mass is 414 g/mol. The highest BCUT2D eigenvalue weighted by Gasteiger charge is 2.29. The van der Waals surface area contributed by atoms with Gasteiger partial charge in [0, 0.05) is 31.5 Å². The van der Waals surface area contributed by atoms with Crippen molar-refractivity contribution in [3.8, 4) is 5.75 Å². The average molecular weight is 415 g/mol. The van der Waals surface area contributed by atoms with E-state index >= 15 is 0 Å². The zero-order valence-electron chi connectivity index (χ0n) is 16.3. The Labute approximate surface area is 174 Å². The lowest BCUT2D eigenvalue weighted by atomic mass is 9.97. The summed E-state index contributed by atoms with van der Waals surface area (Å²) >= 11 is 1.44. The van der Waals surface area contributed by atoms with Crippen LogP contribution in [0.4, 0.5) is 5.69 Å². The number of hydrogen-bond donors (Lipinski definition) is 1. The van der Waals surface area contributed by atoms with Gasteiger partial charge in [-0.15, -0.1) is 11.3 Å². The molecular formula is C22H26N2O4S. The topological polar surface area (TPSA) is 67.9 Å². The van der Waals surface area contributed by atoms with E-state index in [2.05, 4.69) is 5.32 Å². The zero-order valence-corrected chi connectivity index (χ0v) is 17.2. The molecule has 0 spiro atoms. The van der Waals surface area contributed by atoms with Gasteiger partial charge in [0.05, 0.1) is 16.9 Å². The highest BCUT2D eigenvalue weighted by molar-refractivity contribution is 7.12. The molecule has 2 fully saturated rings. The van der Waals surface area contributed by atoms with E-state index in [4.69, 9.17) is 9.47 Å². The number of nitrogens with one attached hydrogen (secondary N) is 1. The second-order valence-corrected chi connectivity index (χ2v) is 8.48. The van der Waals surface area contributed by atoms with Gasteiger partial charge in [0.15, 0.2) is 0 Å². The second kappa shape index (κ2) is 9.41. The average Bonchev–Trinajstić information content (AvgIpc) is 3.46. The Morgan fingerprint density at radius 2 is 2.14 bits per heavy atom. The number of rotatable bonds is 6. The van der Waals surface area contributed by atoms with Gasteiger partial charge >= 0.3 is 0 Å². The molecule has 2 amide bonds. The number of carbonyl (C=O) groups is 2. The molecule has 1 N–H and O–H groups in total. The third kappa shape index (κ3) is 5.16. The number of piperidine rings is 1. The van der Waals surface area contributed by atoms with Crippen LogP contribution in [-0.4, -0.2) is 49.1 Å².